The number of para-hydroxylation sites is 2. The molecule has 1 atom stereocenters. The highest BCUT2D eigenvalue weighted by atomic mass is 35.5. The van der Waals surface area contributed by atoms with E-state index in [0.29, 0.717) is 16.7 Å². The number of halogens is 3. The van der Waals surface area contributed by atoms with Crippen molar-refractivity contribution in [1.82, 2.24) is 9.88 Å². The van der Waals surface area contributed by atoms with Crippen LogP contribution in [0.5, 0.6) is 0 Å². The van der Waals surface area contributed by atoms with E-state index >= 15 is 0 Å². The summed E-state index contributed by atoms with van der Waals surface area (Å²) < 4.78 is 20.2. The first kappa shape index (κ1) is 18.5. The Balaban J connectivity index is 1.68. The average Bonchev–Trinajstić information content (AvgIpc) is 2.91. The molecule has 2 aromatic carbocycles. The van der Waals surface area contributed by atoms with Crippen molar-refractivity contribution in [1.29, 1.82) is 0 Å². The van der Waals surface area contributed by atoms with E-state index in [1.54, 1.807) is 31.2 Å². The van der Waals surface area contributed by atoms with Crippen molar-refractivity contribution in [2.24, 2.45) is 0 Å². The highest BCUT2D eigenvalue weighted by Crippen LogP contribution is 2.28. The van der Waals surface area contributed by atoms with Gasteiger partial charge in [0.25, 0.3) is 0 Å². The molecular weight excluding hydrogens is 382 g/mol. The Bertz CT molecular complexity index is 1030. The Kier molecular flexibility index (Phi) is 5.34. The van der Waals surface area contributed by atoms with Crippen LogP contribution in [0.2, 0.25) is 10.0 Å². The molecule has 0 unspecified atom stereocenters. The number of rotatable bonds is 5. The number of aromatic nitrogens is 1. The fourth-order valence-electron chi connectivity index (χ4n) is 2.70. The van der Waals surface area contributed by atoms with E-state index in [2.05, 4.69) is 5.32 Å². The van der Waals surface area contributed by atoms with Gasteiger partial charge in [0.2, 0.25) is 5.91 Å². The zero-order chi connectivity index (χ0) is 18.8. The van der Waals surface area contributed by atoms with E-state index in [4.69, 9.17) is 27.6 Å². The number of aryl methyl sites for hydroxylation is 1. The van der Waals surface area contributed by atoms with E-state index in [1.165, 1.54) is 16.7 Å². The first-order valence-corrected chi connectivity index (χ1v) is 8.64. The van der Waals surface area contributed by atoms with Crippen molar-refractivity contribution in [3.63, 3.8) is 0 Å². The largest absolute Gasteiger partial charge is 0.419 e. The lowest BCUT2D eigenvalue weighted by atomic mass is 10.1. The maximum atomic E-state index is 13.6. The summed E-state index contributed by atoms with van der Waals surface area (Å²) in [5, 5.41) is 2.92. The van der Waals surface area contributed by atoms with Gasteiger partial charge in [0, 0.05) is 18.0 Å². The number of fused-ring (bicyclic) bond motifs is 1. The van der Waals surface area contributed by atoms with Crippen LogP contribution in [-0.2, 0) is 11.3 Å². The lowest BCUT2D eigenvalue weighted by Gasteiger charge is -2.16. The van der Waals surface area contributed by atoms with Crippen LogP contribution in [0.4, 0.5) is 4.39 Å². The van der Waals surface area contributed by atoms with Crippen LogP contribution in [0.15, 0.2) is 45.6 Å². The molecule has 5 nitrogen and oxygen atoms in total. The zero-order valence-corrected chi connectivity index (χ0v) is 15.3. The molecule has 0 aliphatic heterocycles. The molecule has 0 aliphatic rings. The lowest BCUT2D eigenvalue weighted by Crippen LogP contribution is -2.28. The van der Waals surface area contributed by atoms with Crippen molar-refractivity contribution >= 4 is 40.2 Å². The number of benzene rings is 2. The normalized spacial score (nSPS) is 12.3. The van der Waals surface area contributed by atoms with Gasteiger partial charge < -0.3 is 9.73 Å². The number of carbonyl (C=O) groups excluding carboxylic acids is 1. The molecular formula is C18H15Cl2FN2O3. The van der Waals surface area contributed by atoms with Crippen molar-refractivity contribution < 1.29 is 13.6 Å². The topological polar surface area (TPSA) is 64.2 Å². The molecule has 0 saturated heterocycles. The molecule has 0 radical (unpaired) electrons. The Morgan fingerprint density at radius 2 is 2.00 bits per heavy atom. The first-order valence-electron chi connectivity index (χ1n) is 7.89. The fourth-order valence-corrected chi connectivity index (χ4v) is 3.25. The van der Waals surface area contributed by atoms with E-state index in [0.717, 1.165) is 0 Å². The molecule has 1 amide bonds. The second-order valence-corrected chi connectivity index (χ2v) is 6.63. The van der Waals surface area contributed by atoms with Crippen LogP contribution in [0.3, 0.4) is 0 Å². The smallest absolute Gasteiger partial charge is 0.408 e. The molecule has 136 valence electrons. The Morgan fingerprint density at radius 1 is 1.27 bits per heavy atom. The van der Waals surface area contributed by atoms with Gasteiger partial charge in [0.05, 0.1) is 16.6 Å². The van der Waals surface area contributed by atoms with Gasteiger partial charge in [-0.1, -0.05) is 35.3 Å². The standard InChI is InChI=1S/C18H15Cl2FN2O3/c1-10(11-8-14(21)13(20)9-12(11)19)22-17(24)6-7-23-15-4-2-3-5-16(15)26-18(23)25/h2-5,8-10H,6-7H2,1H3,(H,22,24)/t10-/m1/s1. The molecule has 3 aromatic rings. The number of carbonyl (C=O) groups is 1. The SMILES string of the molecule is C[C@@H](NC(=O)CCn1c(=O)oc2ccccc21)c1cc(F)c(Cl)cc1Cl. The van der Waals surface area contributed by atoms with Gasteiger partial charge >= 0.3 is 5.76 Å². The van der Waals surface area contributed by atoms with Crippen LogP contribution in [-0.4, -0.2) is 10.5 Å². The summed E-state index contributed by atoms with van der Waals surface area (Å²) >= 11 is 11.7. The average molecular weight is 397 g/mol. The molecule has 0 fully saturated rings. The van der Waals surface area contributed by atoms with E-state index in [9.17, 15) is 14.0 Å². The molecule has 0 aliphatic carbocycles. The van der Waals surface area contributed by atoms with Crippen molar-refractivity contribution in [2.45, 2.75) is 25.9 Å². The Labute approximate surface area is 158 Å². The maximum absolute atomic E-state index is 13.6. The molecule has 0 bridgehead atoms. The summed E-state index contributed by atoms with van der Waals surface area (Å²) in [6.07, 6.45) is 0.0570. The zero-order valence-electron chi connectivity index (χ0n) is 13.8. The monoisotopic (exact) mass is 396 g/mol. The van der Waals surface area contributed by atoms with Crippen molar-refractivity contribution in [3.8, 4) is 0 Å². The second kappa shape index (κ2) is 7.51. The Hall–Kier alpha value is -2.31. The lowest BCUT2D eigenvalue weighted by molar-refractivity contribution is -0.121. The van der Waals surface area contributed by atoms with E-state index in [-0.39, 0.29) is 28.9 Å². The predicted molar refractivity (Wildman–Crippen MR) is 98.1 cm³/mol. The molecule has 1 aromatic heterocycles. The molecule has 0 spiro atoms. The van der Waals surface area contributed by atoms with Gasteiger partial charge in [-0.15, -0.1) is 0 Å². The first-order chi connectivity index (χ1) is 12.4. The van der Waals surface area contributed by atoms with Crippen LogP contribution in [0, 0.1) is 5.82 Å². The fraction of sp³-hybridized carbons (Fsp3) is 0.222. The van der Waals surface area contributed by atoms with Gasteiger partial charge in [0.1, 0.15) is 5.82 Å². The number of nitrogens with one attached hydrogen (secondary N) is 1. The molecule has 26 heavy (non-hydrogen) atoms. The van der Waals surface area contributed by atoms with Crippen LogP contribution < -0.4 is 11.1 Å². The van der Waals surface area contributed by atoms with Gasteiger partial charge in [-0.3, -0.25) is 9.36 Å². The molecule has 1 N–H and O–H groups in total. The Morgan fingerprint density at radius 3 is 2.77 bits per heavy atom. The highest BCUT2D eigenvalue weighted by Gasteiger charge is 2.16. The molecule has 3 rings (SSSR count). The summed E-state index contributed by atoms with van der Waals surface area (Å²) in [4.78, 5) is 24.1. The molecule has 0 saturated carbocycles. The third kappa shape index (κ3) is 3.76. The third-order valence-corrected chi connectivity index (χ3v) is 4.64. The summed E-state index contributed by atoms with van der Waals surface area (Å²) in [6, 6.07) is 8.96. The minimum Gasteiger partial charge on any atom is -0.408 e. The van der Waals surface area contributed by atoms with Gasteiger partial charge in [0.15, 0.2) is 5.58 Å². The highest BCUT2D eigenvalue weighted by molar-refractivity contribution is 6.35. The number of amides is 1. The number of nitrogens with zero attached hydrogens (tertiary/aromatic N) is 1. The summed E-state index contributed by atoms with van der Waals surface area (Å²) in [5.74, 6) is -1.43. The van der Waals surface area contributed by atoms with Crippen molar-refractivity contribution in [3.05, 3.63) is 68.4 Å². The number of oxazole rings is 1. The molecule has 8 heteroatoms. The van der Waals surface area contributed by atoms with E-state index in [1.807, 2.05) is 0 Å². The van der Waals surface area contributed by atoms with Gasteiger partial charge in [-0.05, 0) is 36.8 Å². The van der Waals surface area contributed by atoms with Crippen molar-refractivity contribution in [2.75, 3.05) is 0 Å². The van der Waals surface area contributed by atoms with Gasteiger partial charge in [-0.2, -0.15) is 0 Å². The second-order valence-electron chi connectivity index (χ2n) is 5.81. The van der Waals surface area contributed by atoms with Gasteiger partial charge in [-0.25, -0.2) is 9.18 Å². The summed E-state index contributed by atoms with van der Waals surface area (Å²) in [5.41, 5.74) is 1.52. The maximum Gasteiger partial charge on any atom is 0.419 e. The number of hydrogen-bond donors (Lipinski definition) is 1. The van der Waals surface area contributed by atoms with Crippen LogP contribution in [0.1, 0.15) is 24.9 Å². The minimum atomic E-state index is -0.608. The van der Waals surface area contributed by atoms with Crippen LogP contribution in [0.25, 0.3) is 11.1 Å². The predicted octanol–water partition coefficient (Wildman–Crippen LogP) is 4.31. The summed E-state index contributed by atoms with van der Waals surface area (Å²) in [7, 11) is 0. The van der Waals surface area contributed by atoms with E-state index < -0.39 is 17.6 Å². The summed E-state index contributed by atoms with van der Waals surface area (Å²) in [6.45, 7) is 1.85. The number of hydrogen-bond acceptors (Lipinski definition) is 3. The third-order valence-electron chi connectivity index (χ3n) is 4.02. The minimum absolute atomic E-state index is 0.0570. The molecule has 1 heterocycles. The quantitative estimate of drug-likeness (QED) is 0.653. The van der Waals surface area contributed by atoms with Crippen LogP contribution >= 0.6 is 23.2 Å².